The summed E-state index contributed by atoms with van der Waals surface area (Å²) in [6, 6.07) is 0. The predicted octanol–water partition coefficient (Wildman–Crippen LogP) is 4.68. The minimum absolute atomic E-state index is 0.236. The zero-order chi connectivity index (χ0) is 15.6. The summed E-state index contributed by atoms with van der Waals surface area (Å²) in [6.07, 6.45) is 7.57. The Balaban J connectivity index is 4.86. The molecule has 2 nitrogen and oxygen atoms in total. The Hall–Kier alpha value is -0.0800. The number of nitrogens with two attached hydrogens (primary N) is 1. The fraction of sp³-hybridized carbons (Fsp3) is 1.00. The molecule has 0 amide bonds. The molecule has 0 saturated carbocycles. The molecule has 0 aromatic carbocycles. The molecule has 0 radical (unpaired) electrons. The second-order valence-corrected chi connectivity index (χ2v) is 7.24. The molecule has 1 atom stereocenters. The highest BCUT2D eigenvalue weighted by Gasteiger charge is 2.32. The molecule has 0 aliphatic rings. The van der Waals surface area contributed by atoms with Crippen molar-refractivity contribution in [2.45, 2.75) is 85.6 Å². The molecule has 0 saturated heterocycles. The maximum atomic E-state index is 6.23. The van der Waals surface area contributed by atoms with Crippen LogP contribution in [0, 0.1) is 11.8 Å². The molecule has 1 unspecified atom stereocenters. The van der Waals surface area contributed by atoms with Crippen molar-refractivity contribution < 1.29 is 0 Å². The molecule has 20 heavy (non-hydrogen) atoms. The Morgan fingerprint density at radius 2 is 1.45 bits per heavy atom. The average molecular weight is 285 g/mol. The summed E-state index contributed by atoms with van der Waals surface area (Å²) < 4.78 is 0. The molecule has 0 aromatic heterocycles. The summed E-state index contributed by atoms with van der Waals surface area (Å²) in [7, 11) is 0. The van der Waals surface area contributed by atoms with Crippen molar-refractivity contribution in [2.75, 3.05) is 19.6 Å². The van der Waals surface area contributed by atoms with Gasteiger partial charge in [0.2, 0.25) is 0 Å². The number of hydrogen-bond donors (Lipinski definition) is 1. The van der Waals surface area contributed by atoms with E-state index in [1.807, 2.05) is 0 Å². The largest absolute Gasteiger partial charge is 0.329 e. The van der Waals surface area contributed by atoms with Gasteiger partial charge in [-0.15, -0.1) is 0 Å². The van der Waals surface area contributed by atoms with Crippen LogP contribution >= 0.6 is 0 Å². The lowest BCUT2D eigenvalue weighted by Crippen LogP contribution is -2.54. The molecule has 0 rings (SSSR count). The van der Waals surface area contributed by atoms with Crippen LogP contribution in [0.1, 0.15) is 80.1 Å². The van der Waals surface area contributed by atoms with Crippen molar-refractivity contribution in [3.63, 3.8) is 0 Å². The van der Waals surface area contributed by atoms with Gasteiger partial charge < -0.3 is 5.73 Å². The number of hydrogen-bond acceptors (Lipinski definition) is 2. The predicted molar refractivity (Wildman–Crippen MR) is 92.1 cm³/mol. The summed E-state index contributed by atoms with van der Waals surface area (Å²) in [6.45, 7) is 17.1. The van der Waals surface area contributed by atoms with Crippen LogP contribution in [0.25, 0.3) is 0 Å². The topological polar surface area (TPSA) is 29.3 Å². The zero-order valence-electron chi connectivity index (χ0n) is 15.0. The first kappa shape index (κ1) is 19.9. The van der Waals surface area contributed by atoms with Gasteiger partial charge in [0.1, 0.15) is 0 Å². The molecule has 0 spiro atoms. The fourth-order valence-electron chi connectivity index (χ4n) is 2.85. The standard InChI is InChI=1S/C18H40N2/c1-7-9-12-18(8-2,15-19)20(13-10-16(3)4)14-11-17(5)6/h16-17H,7-15,19H2,1-6H3. The summed E-state index contributed by atoms with van der Waals surface area (Å²) in [5, 5.41) is 0. The Labute approximate surface area is 128 Å². The first-order valence-electron chi connectivity index (χ1n) is 8.87. The molecule has 0 aliphatic carbocycles. The molecular weight excluding hydrogens is 244 g/mol. The van der Waals surface area contributed by atoms with Crippen molar-refractivity contribution in [1.82, 2.24) is 4.90 Å². The summed E-state index contributed by atoms with van der Waals surface area (Å²) in [5.74, 6) is 1.55. The smallest absolute Gasteiger partial charge is 0.0329 e. The average Bonchev–Trinajstić information content (AvgIpc) is 2.41. The third-order valence-electron chi connectivity index (χ3n) is 4.66. The highest BCUT2D eigenvalue weighted by molar-refractivity contribution is 4.91. The third-order valence-corrected chi connectivity index (χ3v) is 4.66. The van der Waals surface area contributed by atoms with Crippen LogP contribution in [0.2, 0.25) is 0 Å². The SMILES string of the molecule is CCCCC(CC)(CN)N(CCC(C)C)CCC(C)C. The van der Waals surface area contributed by atoms with Gasteiger partial charge in [0, 0.05) is 12.1 Å². The molecule has 2 heteroatoms. The van der Waals surface area contributed by atoms with E-state index in [2.05, 4.69) is 46.4 Å². The van der Waals surface area contributed by atoms with Crippen molar-refractivity contribution in [3.05, 3.63) is 0 Å². The van der Waals surface area contributed by atoms with Gasteiger partial charge in [-0.05, 0) is 50.6 Å². The highest BCUT2D eigenvalue weighted by atomic mass is 15.2. The monoisotopic (exact) mass is 284 g/mol. The van der Waals surface area contributed by atoms with Crippen molar-refractivity contribution in [1.29, 1.82) is 0 Å². The molecule has 0 fully saturated rings. The first-order chi connectivity index (χ1) is 9.41. The van der Waals surface area contributed by atoms with Crippen LogP contribution < -0.4 is 5.73 Å². The normalized spacial score (nSPS) is 15.3. The summed E-state index contributed by atoms with van der Waals surface area (Å²) >= 11 is 0. The number of rotatable bonds is 12. The Bertz CT molecular complexity index is 207. The van der Waals surface area contributed by atoms with E-state index in [0.29, 0.717) is 0 Å². The van der Waals surface area contributed by atoms with E-state index in [-0.39, 0.29) is 5.54 Å². The second kappa shape index (κ2) is 10.6. The van der Waals surface area contributed by atoms with Gasteiger partial charge >= 0.3 is 0 Å². The first-order valence-corrected chi connectivity index (χ1v) is 8.87. The maximum absolute atomic E-state index is 6.23. The van der Waals surface area contributed by atoms with Crippen LogP contribution in [0.15, 0.2) is 0 Å². The third kappa shape index (κ3) is 7.08. The molecule has 0 heterocycles. The summed E-state index contributed by atoms with van der Waals surface area (Å²) in [4.78, 5) is 2.72. The molecular formula is C18H40N2. The highest BCUT2D eigenvalue weighted by Crippen LogP contribution is 2.27. The second-order valence-electron chi connectivity index (χ2n) is 7.24. The van der Waals surface area contributed by atoms with E-state index >= 15 is 0 Å². The summed E-state index contributed by atoms with van der Waals surface area (Å²) in [5.41, 5.74) is 6.47. The van der Waals surface area contributed by atoms with Gasteiger partial charge in [0.25, 0.3) is 0 Å². The van der Waals surface area contributed by atoms with Gasteiger partial charge in [0.05, 0.1) is 0 Å². The molecule has 2 N–H and O–H groups in total. The Morgan fingerprint density at radius 3 is 1.75 bits per heavy atom. The molecule has 0 aromatic rings. The van der Waals surface area contributed by atoms with Crippen molar-refractivity contribution in [2.24, 2.45) is 17.6 Å². The van der Waals surface area contributed by atoms with Crippen LogP contribution in [-0.4, -0.2) is 30.1 Å². The quantitative estimate of drug-likeness (QED) is 0.564. The van der Waals surface area contributed by atoms with Gasteiger partial charge in [-0.2, -0.15) is 0 Å². The van der Waals surface area contributed by atoms with Crippen LogP contribution in [0.5, 0.6) is 0 Å². The van der Waals surface area contributed by atoms with Crippen molar-refractivity contribution in [3.8, 4) is 0 Å². The van der Waals surface area contributed by atoms with Gasteiger partial charge in [0.15, 0.2) is 0 Å². The Kier molecular flexibility index (Phi) is 10.6. The van der Waals surface area contributed by atoms with E-state index in [4.69, 9.17) is 5.73 Å². The Morgan fingerprint density at radius 1 is 0.950 bits per heavy atom. The maximum Gasteiger partial charge on any atom is 0.0329 e. The lowest BCUT2D eigenvalue weighted by molar-refractivity contribution is 0.0681. The minimum Gasteiger partial charge on any atom is -0.329 e. The molecule has 122 valence electrons. The fourth-order valence-corrected chi connectivity index (χ4v) is 2.85. The van der Waals surface area contributed by atoms with E-state index in [0.717, 1.165) is 18.4 Å². The minimum atomic E-state index is 0.236. The van der Waals surface area contributed by atoms with E-state index in [1.165, 1.54) is 51.6 Å². The van der Waals surface area contributed by atoms with E-state index < -0.39 is 0 Å². The van der Waals surface area contributed by atoms with Crippen LogP contribution in [0.3, 0.4) is 0 Å². The van der Waals surface area contributed by atoms with E-state index in [9.17, 15) is 0 Å². The zero-order valence-corrected chi connectivity index (χ0v) is 15.0. The lowest BCUT2D eigenvalue weighted by atomic mass is 9.86. The van der Waals surface area contributed by atoms with Gasteiger partial charge in [-0.25, -0.2) is 0 Å². The van der Waals surface area contributed by atoms with Crippen molar-refractivity contribution >= 4 is 0 Å². The number of nitrogens with zero attached hydrogens (tertiary/aromatic N) is 1. The molecule has 0 bridgehead atoms. The van der Waals surface area contributed by atoms with Crippen LogP contribution in [0.4, 0.5) is 0 Å². The number of unbranched alkanes of at least 4 members (excludes halogenated alkanes) is 1. The molecule has 0 aliphatic heterocycles. The lowest BCUT2D eigenvalue weighted by Gasteiger charge is -2.44. The van der Waals surface area contributed by atoms with Crippen LogP contribution in [-0.2, 0) is 0 Å². The van der Waals surface area contributed by atoms with Gasteiger partial charge in [-0.1, -0.05) is 54.4 Å². The van der Waals surface area contributed by atoms with E-state index in [1.54, 1.807) is 0 Å². The van der Waals surface area contributed by atoms with Gasteiger partial charge in [-0.3, -0.25) is 4.90 Å².